The van der Waals surface area contributed by atoms with Gasteiger partial charge in [0.2, 0.25) is 0 Å². The second kappa shape index (κ2) is 5.94. The molecule has 20 heavy (non-hydrogen) atoms. The minimum atomic E-state index is 0.562. The van der Waals surface area contributed by atoms with Crippen LogP contribution in [0.5, 0.6) is 0 Å². The summed E-state index contributed by atoms with van der Waals surface area (Å²) in [6.07, 6.45) is 2.56. The number of benzene rings is 1. The summed E-state index contributed by atoms with van der Waals surface area (Å²) < 4.78 is 3.22. The number of rotatable bonds is 4. The van der Waals surface area contributed by atoms with Crippen LogP contribution < -0.4 is 0 Å². The number of pyridine rings is 1. The molecule has 0 aliphatic rings. The molecule has 0 fully saturated rings. The van der Waals surface area contributed by atoms with E-state index in [4.69, 9.17) is 11.6 Å². The highest BCUT2D eigenvalue weighted by Gasteiger charge is 2.11. The van der Waals surface area contributed by atoms with Crippen LogP contribution in [0.25, 0.3) is 11.0 Å². The molecular formula is C15H13BrClN3. The Morgan fingerprint density at radius 3 is 2.85 bits per heavy atom. The molecule has 2 aromatic heterocycles. The van der Waals surface area contributed by atoms with Gasteiger partial charge in [0.15, 0.2) is 0 Å². The van der Waals surface area contributed by atoms with Gasteiger partial charge in [-0.1, -0.05) is 22.0 Å². The molecule has 0 aliphatic heterocycles. The summed E-state index contributed by atoms with van der Waals surface area (Å²) in [4.78, 5) is 9.07. The highest BCUT2D eigenvalue weighted by molar-refractivity contribution is 9.10. The van der Waals surface area contributed by atoms with E-state index in [2.05, 4.69) is 36.5 Å². The average molecular weight is 351 g/mol. The summed E-state index contributed by atoms with van der Waals surface area (Å²) >= 11 is 9.38. The Balaban J connectivity index is 2.09. The van der Waals surface area contributed by atoms with Gasteiger partial charge in [0.1, 0.15) is 5.82 Å². The van der Waals surface area contributed by atoms with Gasteiger partial charge in [0, 0.05) is 23.0 Å². The topological polar surface area (TPSA) is 30.7 Å². The third-order valence-electron chi connectivity index (χ3n) is 3.15. The molecule has 0 spiro atoms. The van der Waals surface area contributed by atoms with E-state index in [9.17, 15) is 0 Å². The highest BCUT2D eigenvalue weighted by Crippen LogP contribution is 2.22. The van der Waals surface area contributed by atoms with Crippen molar-refractivity contribution in [2.75, 3.05) is 5.88 Å². The summed E-state index contributed by atoms with van der Waals surface area (Å²) in [5, 5.41) is 0. The van der Waals surface area contributed by atoms with E-state index in [0.717, 1.165) is 33.4 Å². The number of aromatic nitrogens is 3. The Hall–Kier alpha value is -1.39. The molecule has 2 heterocycles. The van der Waals surface area contributed by atoms with E-state index in [1.165, 1.54) is 0 Å². The first kappa shape index (κ1) is 13.6. The van der Waals surface area contributed by atoms with Gasteiger partial charge < -0.3 is 4.57 Å². The fourth-order valence-electron chi connectivity index (χ4n) is 2.26. The average Bonchev–Trinajstić information content (AvgIpc) is 2.77. The molecule has 0 saturated heterocycles. The van der Waals surface area contributed by atoms with Crippen LogP contribution in [0.15, 0.2) is 47.1 Å². The standard InChI is InChI=1S/C15H13BrClN3/c16-11-4-5-14-13(9-11)19-15(6-7-17)20(14)10-12-3-1-2-8-18-12/h1-5,8-9H,6-7,10H2. The van der Waals surface area contributed by atoms with Crippen LogP contribution in [0.3, 0.4) is 0 Å². The predicted molar refractivity (Wildman–Crippen MR) is 85.2 cm³/mol. The maximum atomic E-state index is 5.89. The van der Waals surface area contributed by atoms with Gasteiger partial charge in [-0.2, -0.15) is 0 Å². The number of fused-ring (bicyclic) bond motifs is 1. The zero-order valence-corrected chi connectivity index (χ0v) is 13.1. The first-order valence-corrected chi connectivity index (χ1v) is 7.71. The lowest BCUT2D eigenvalue weighted by Crippen LogP contribution is -2.07. The van der Waals surface area contributed by atoms with Crippen LogP contribution in [0.4, 0.5) is 0 Å². The smallest absolute Gasteiger partial charge is 0.111 e. The third-order valence-corrected chi connectivity index (χ3v) is 3.84. The molecule has 5 heteroatoms. The quantitative estimate of drug-likeness (QED) is 0.665. The van der Waals surface area contributed by atoms with E-state index in [1.54, 1.807) is 0 Å². The van der Waals surface area contributed by atoms with Crippen molar-refractivity contribution in [2.24, 2.45) is 0 Å². The van der Waals surface area contributed by atoms with E-state index >= 15 is 0 Å². The molecule has 0 aliphatic carbocycles. The second-order valence-electron chi connectivity index (χ2n) is 4.51. The van der Waals surface area contributed by atoms with Crippen molar-refractivity contribution < 1.29 is 0 Å². The molecule has 3 aromatic rings. The Bertz CT molecular complexity index is 725. The summed E-state index contributed by atoms with van der Waals surface area (Å²) in [5.74, 6) is 1.56. The first-order chi connectivity index (χ1) is 9.78. The van der Waals surface area contributed by atoms with Crippen molar-refractivity contribution >= 4 is 38.6 Å². The highest BCUT2D eigenvalue weighted by atomic mass is 79.9. The normalized spacial score (nSPS) is 11.1. The lowest BCUT2D eigenvalue weighted by molar-refractivity contribution is 0.738. The molecule has 0 N–H and O–H groups in total. The van der Waals surface area contributed by atoms with Crippen molar-refractivity contribution in [2.45, 2.75) is 13.0 Å². The van der Waals surface area contributed by atoms with Gasteiger partial charge in [-0.15, -0.1) is 11.6 Å². The molecule has 0 amide bonds. The van der Waals surface area contributed by atoms with Crippen LogP contribution in [-0.2, 0) is 13.0 Å². The number of imidazole rings is 1. The Morgan fingerprint density at radius 1 is 1.20 bits per heavy atom. The fourth-order valence-corrected chi connectivity index (χ4v) is 2.78. The van der Waals surface area contributed by atoms with Gasteiger partial charge in [0.25, 0.3) is 0 Å². The summed E-state index contributed by atoms with van der Waals surface area (Å²) in [6, 6.07) is 12.1. The van der Waals surface area contributed by atoms with Crippen LogP contribution in [-0.4, -0.2) is 20.4 Å². The molecule has 102 valence electrons. The number of halogens is 2. The molecule has 0 saturated carbocycles. The number of alkyl halides is 1. The van der Waals surface area contributed by atoms with Crippen molar-refractivity contribution in [1.29, 1.82) is 0 Å². The molecule has 0 atom stereocenters. The molecule has 0 bridgehead atoms. The van der Waals surface area contributed by atoms with Crippen LogP contribution in [0, 0.1) is 0 Å². The molecule has 0 radical (unpaired) electrons. The van der Waals surface area contributed by atoms with E-state index in [0.29, 0.717) is 12.4 Å². The fraction of sp³-hybridized carbons (Fsp3) is 0.200. The van der Waals surface area contributed by atoms with Gasteiger partial charge in [-0.3, -0.25) is 4.98 Å². The van der Waals surface area contributed by atoms with Crippen molar-refractivity contribution in [3.05, 3.63) is 58.6 Å². The SMILES string of the molecule is ClCCc1nc2cc(Br)ccc2n1Cc1ccccn1. The molecule has 3 nitrogen and oxygen atoms in total. The Kier molecular flexibility index (Phi) is 4.03. The van der Waals surface area contributed by atoms with Crippen molar-refractivity contribution in [1.82, 2.24) is 14.5 Å². The predicted octanol–water partition coefficient (Wildman–Crippen LogP) is 4.02. The van der Waals surface area contributed by atoms with E-state index < -0.39 is 0 Å². The van der Waals surface area contributed by atoms with E-state index in [-0.39, 0.29) is 0 Å². The Labute approximate surface area is 130 Å². The summed E-state index contributed by atoms with van der Waals surface area (Å²) in [6.45, 7) is 0.713. The summed E-state index contributed by atoms with van der Waals surface area (Å²) in [7, 11) is 0. The monoisotopic (exact) mass is 349 g/mol. The van der Waals surface area contributed by atoms with Crippen LogP contribution in [0.1, 0.15) is 11.5 Å². The number of hydrogen-bond acceptors (Lipinski definition) is 2. The molecular weight excluding hydrogens is 338 g/mol. The number of aryl methyl sites for hydroxylation is 1. The lowest BCUT2D eigenvalue weighted by atomic mass is 10.3. The zero-order chi connectivity index (χ0) is 13.9. The number of hydrogen-bond donors (Lipinski definition) is 0. The molecule has 1 aromatic carbocycles. The van der Waals surface area contributed by atoms with E-state index in [1.807, 2.05) is 36.5 Å². The van der Waals surface area contributed by atoms with Crippen molar-refractivity contribution in [3.8, 4) is 0 Å². The van der Waals surface area contributed by atoms with Gasteiger partial charge in [-0.05, 0) is 30.3 Å². The number of nitrogens with zero attached hydrogens (tertiary/aromatic N) is 3. The van der Waals surface area contributed by atoms with Crippen molar-refractivity contribution in [3.63, 3.8) is 0 Å². The summed E-state index contributed by atoms with van der Waals surface area (Å²) in [5.41, 5.74) is 3.11. The minimum Gasteiger partial charge on any atom is -0.322 e. The molecule has 0 unspecified atom stereocenters. The first-order valence-electron chi connectivity index (χ1n) is 6.38. The third kappa shape index (κ3) is 2.72. The maximum Gasteiger partial charge on any atom is 0.111 e. The Morgan fingerprint density at radius 2 is 2.10 bits per heavy atom. The van der Waals surface area contributed by atoms with Crippen LogP contribution >= 0.6 is 27.5 Å². The maximum absolute atomic E-state index is 5.89. The molecule has 3 rings (SSSR count). The van der Waals surface area contributed by atoms with Crippen LogP contribution in [0.2, 0.25) is 0 Å². The van der Waals surface area contributed by atoms with Gasteiger partial charge in [0.05, 0.1) is 23.3 Å². The second-order valence-corrected chi connectivity index (χ2v) is 5.80. The lowest BCUT2D eigenvalue weighted by Gasteiger charge is -2.08. The minimum absolute atomic E-state index is 0.562. The van der Waals surface area contributed by atoms with Gasteiger partial charge >= 0.3 is 0 Å². The van der Waals surface area contributed by atoms with Gasteiger partial charge in [-0.25, -0.2) is 4.98 Å². The largest absolute Gasteiger partial charge is 0.322 e. The zero-order valence-electron chi connectivity index (χ0n) is 10.8.